The zero-order valence-electron chi connectivity index (χ0n) is 17.7. The van der Waals surface area contributed by atoms with Crippen LogP contribution in [-0.4, -0.2) is 30.1 Å². The molecular weight excluding hydrogens is 370 g/mol. The van der Waals surface area contributed by atoms with Crippen molar-refractivity contribution < 1.29 is 19.1 Å². The third-order valence-corrected chi connectivity index (χ3v) is 4.65. The van der Waals surface area contributed by atoms with Crippen molar-refractivity contribution in [2.24, 2.45) is 5.92 Å². The van der Waals surface area contributed by atoms with Crippen molar-refractivity contribution in [1.82, 2.24) is 5.32 Å². The number of alkyl carbamates (subject to hydrolysis) is 1. The number of carbonyl (C=O) groups is 3. The first-order valence-corrected chi connectivity index (χ1v) is 10.4. The Morgan fingerprint density at radius 3 is 2.24 bits per heavy atom. The van der Waals surface area contributed by atoms with Gasteiger partial charge >= 0.3 is 6.09 Å². The Bertz CT molecular complexity index is 706. The zero-order valence-corrected chi connectivity index (χ0v) is 17.7. The van der Waals surface area contributed by atoms with E-state index in [1.807, 2.05) is 0 Å². The van der Waals surface area contributed by atoms with Gasteiger partial charge in [-0.2, -0.15) is 0 Å². The standard InChI is InChI=1S/C22H33N3O4/c1-22(2,3)29-21(28)23-13-12-19(26)24-17-10-7-11-18(15-17)25-20(27)14-16-8-5-4-6-9-16/h7,10-11,15-16H,4-6,8-9,12-14H2,1-3H3,(H,23,28)(H,24,26)(H,25,27). The molecule has 1 saturated carbocycles. The predicted molar refractivity (Wildman–Crippen MR) is 114 cm³/mol. The van der Waals surface area contributed by atoms with E-state index in [1.165, 1.54) is 19.3 Å². The molecule has 0 aromatic heterocycles. The van der Waals surface area contributed by atoms with E-state index in [1.54, 1.807) is 45.0 Å². The monoisotopic (exact) mass is 403 g/mol. The third-order valence-electron chi connectivity index (χ3n) is 4.65. The number of nitrogens with one attached hydrogen (secondary N) is 3. The highest BCUT2D eigenvalue weighted by molar-refractivity contribution is 5.94. The normalized spacial score (nSPS) is 14.7. The summed E-state index contributed by atoms with van der Waals surface area (Å²) in [6, 6.07) is 7.08. The molecule has 0 aliphatic heterocycles. The molecule has 29 heavy (non-hydrogen) atoms. The molecular formula is C22H33N3O4. The summed E-state index contributed by atoms with van der Waals surface area (Å²) in [5.41, 5.74) is 0.687. The van der Waals surface area contributed by atoms with Gasteiger partial charge in [-0.15, -0.1) is 0 Å². The molecule has 7 heteroatoms. The molecule has 0 bridgehead atoms. The third kappa shape index (κ3) is 9.45. The van der Waals surface area contributed by atoms with Gasteiger partial charge in [0, 0.05) is 30.8 Å². The quantitative estimate of drug-likeness (QED) is 0.627. The summed E-state index contributed by atoms with van der Waals surface area (Å²) >= 11 is 0. The second-order valence-electron chi connectivity index (χ2n) is 8.56. The molecule has 7 nitrogen and oxygen atoms in total. The van der Waals surface area contributed by atoms with Crippen LogP contribution in [0.3, 0.4) is 0 Å². The number of hydrogen-bond donors (Lipinski definition) is 3. The molecule has 1 aromatic rings. The van der Waals surface area contributed by atoms with Crippen LogP contribution in [0.25, 0.3) is 0 Å². The largest absolute Gasteiger partial charge is 0.444 e. The average molecular weight is 404 g/mol. The van der Waals surface area contributed by atoms with Gasteiger partial charge in [0.25, 0.3) is 0 Å². The number of benzene rings is 1. The Balaban J connectivity index is 1.74. The molecule has 1 fully saturated rings. The highest BCUT2D eigenvalue weighted by Gasteiger charge is 2.17. The lowest BCUT2D eigenvalue weighted by atomic mass is 9.87. The maximum absolute atomic E-state index is 12.3. The number of hydrogen-bond acceptors (Lipinski definition) is 4. The van der Waals surface area contributed by atoms with Gasteiger partial charge in [0.15, 0.2) is 0 Å². The maximum atomic E-state index is 12.3. The van der Waals surface area contributed by atoms with Gasteiger partial charge in [-0.05, 0) is 57.7 Å². The lowest BCUT2D eigenvalue weighted by molar-refractivity contribution is -0.117. The van der Waals surface area contributed by atoms with E-state index in [9.17, 15) is 14.4 Å². The van der Waals surface area contributed by atoms with Crippen molar-refractivity contribution in [3.63, 3.8) is 0 Å². The minimum absolute atomic E-state index is 0.0157. The fourth-order valence-electron chi connectivity index (χ4n) is 3.36. The summed E-state index contributed by atoms with van der Waals surface area (Å²) < 4.78 is 5.12. The van der Waals surface area contributed by atoms with Crippen molar-refractivity contribution in [2.75, 3.05) is 17.2 Å². The summed E-state index contributed by atoms with van der Waals surface area (Å²) in [7, 11) is 0. The first kappa shape index (κ1) is 22.7. The van der Waals surface area contributed by atoms with Crippen LogP contribution >= 0.6 is 0 Å². The first-order chi connectivity index (χ1) is 13.7. The van der Waals surface area contributed by atoms with Crippen molar-refractivity contribution >= 4 is 29.3 Å². The van der Waals surface area contributed by atoms with E-state index < -0.39 is 11.7 Å². The van der Waals surface area contributed by atoms with Gasteiger partial charge in [-0.3, -0.25) is 9.59 Å². The smallest absolute Gasteiger partial charge is 0.407 e. The molecule has 2 rings (SSSR count). The van der Waals surface area contributed by atoms with E-state index in [2.05, 4.69) is 16.0 Å². The molecule has 1 aliphatic rings. The molecule has 160 valence electrons. The van der Waals surface area contributed by atoms with Crippen LogP contribution in [0.1, 0.15) is 65.7 Å². The van der Waals surface area contributed by atoms with Gasteiger partial charge in [-0.25, -0.2) is 4.79 Å². The van der Waals surface area contributed by atoms with Gasteiger partial charge in [0.1, 0.15) is 5.60 Å². The van der Waals surface area contributed by atoms with Gasteiger partial charge < -0.3 is 20.7 Å². The van der Waals surface area contributed by atoms with Gasteiger partial charge in [0.05, 0.1) is 0 Å². The highest BCUT2D eigenvalue weighted by atomic mass is 16.6. The minimum atomic E-state index is -0.575. The fourth-order valence-corrected chi connectivity index (χ4v) is 3.36. The van der Waals surface area contributed by atoms with E-state index >= 15 is 0 Å². The Labute approximate surface area is 173 Å². The molecule has 1 aromatic carbocycles. The Morgan fingerprint density at radius 2 is 1.62 bits per heavy atom. The van der Waals surface area contributed by atoms with Crippen molar-refractivity contribution in [1.29, 1.82) is 0 Å². The SMILES string of the molecule is CC(C)(C)OC(=O)NCCC(=O)Nc1cccc(NC(=O)CC2CCCCC2)c1. The second kappa shape index (κ2) is 10.8. The maximum Gasteiger partial charge on any atom is 0.407 e. The minimum Gasteiger partial charge on any atom is -0.444 e. The van der Waals surface area contributed by atoms with Crippen molar-refractivity contribution in [2.45, 2.75) is 71.3 Å². The number of anilines is 2. The molecule has 0 atom stereocenters. The molecule has 0 spiro atoms. The van der Waals surface area contributed by atoms with Crippen molar-refractivity contribution in [3.05, 3.63) is 24.3 Å². The summed E-state index contributed by atoms with van der Waals surface area (Å²) in [4.78, 5) is 35.9. The predicted octanol–water partition coefficient (Wildman–Crippen LogP) is 4.45. The number of rotatable bonds is 7. The lowest BCUT2D eigenvalue weighted by Crippen LogP contribution is -2.34. The van der Waals surface area contributed by atoms with Gasteiger partial charge in [-0.1, -0.05) is 25.3 Å². The molecule has 3 amide bonds. The number of carbonyl (C=O) groups excluding carboxylic acids is 3. The second-order valence-corrected chi connectivity index (χ2v) is 8.56. The van der Waals surface area contributed by atoms with Crippen LogP contribution in [-0.2, 0) is 14.3 Å². The molecule has 3 N–H and O–H groups in total. The topological polar surface area (TPSA) is 96.5 Å². The molecule has 0 radical (unpaired) electrons. The van der Waals surface area contributed by atoms with Crippen LogP contribution in [0.5, 0.6) is 0 Å². The van der Waals surface area contributed by atoms with E-state index in [0.717, 1.165) is 12.8 Å². The van der Waals surface area contributed by atoms with Crippen molar-refractivity contribution in [3.8, 4) is 0 Å². The average Bonchev–Trinajstić information content (AvgIpc) is 2.61. The number of amides is 3. The fraction of sp³-hybridized carbons (Fsp3) is 0.591. The van der Waals surface area contributed by atoms with E-state index in [-0.39, 0.29) is 24.8 Å². The Hall–Kier alpha value is -2.57. The summed E-state index contributed by atoms with van der Waals surface area (Å²) in [6.07, 6.45) is 6.07. The molecule has 1 aliphatic carbocycles. The molecule has 0 unspecified atom stereocenters. The number of ether oxygens (including phenoxy) is 1. The Kier molecular flexibility index (Phi) is 8.49. The summed E-state index contributed by atoms with van der Waals surface area (Å²) in [5, 5.41) is 8.25. The summed E-state index contributed by atoms with van der Waals surface area (Å²) in [5.74, 6) is 0.262. The molecule has 0 saturated heterocycles. The zero-order chi connectivity index (χ0) is 21.3. The van der Waals surface area contributed by atoms with Gasteiger partial charge in [0.2, 0.25) is 11.8 Å². The summed E-state index contributed by atoms with van der Waals surface area (Å²) in [6.45, 7) is 5.51. The molecule has 0 heterocycles. The van der Waals surface area contributed by atoms with Crippen LogP contribution < -0.4 is 16.0 Å². The lowest BCUT2D eigenvalue weighted by Gasteiger charge is -2.20. The highest BCUT2D eigenvalue weighted by Crippen LogP contribution is 2.26. The van der Waals surface area contributed by atoms with E-state index in [4.69, 9.17) is 4.74 Å². The van der Waals surface area contributed by atoms with E-state index in [0.29, 0.717) is 23.7 Å². The van der Waals surface area contributed by atoms with Crippen LogP contribution in [0.4, 0.5) is 16.2 Å². The van der Waals surface area contributed by atoms with Crippen LogP contribution in [0.15, 0.2) is 24.3 Å². The Morgan fingerprint density at radius 1 is 1.00 bits per heavy atom. The van der Waals surface area contributed by atoms with Crippen LogP contribution in [0, 0.1) is 5.92 Å². The van der Waals surface area contributed by atoms with Crippen LogP contribution in [0.2, 0.25) is 0 Å². The first-order valence-electron chi connectivity index (χ1n) is 10.4.